The molecule has 4 rings (SSSR count). The van der Waals surface area contributed by atoms with Gasteiger partial charge < -0.3 is 28.7 Å². The van der Waals surface area contributed by atoms with E-state index >= 15 is 0 Å². The summed E-state index contributed by atoms with van der Waals surface area (Å²) >= 11 is 0. The Morgan fingerprint density at radius 3 is 1.69 bits per heavy atom. The van der Waals surface area contributed by atoms with Crippen LogP contribution >= 0.6 is 0 Å². The molecule has 0 N–H and O–H groups in total. The number of methoxy groups -OCH3 is 1. The highest BCUT2D eigenvalue weighted by Gasteiger charge is 2.43. The number of benzene rings is 3. The van der Waals surface area contributed by atoms with Crippen molar-refractivity contribution >= 4 is 5.97 Å². The Morgan fingerprint density at radius 2 is 1.28 bits per heavy atom. The highest BCUT2D eigenvalue weighted by atomic mass is 127. The first-order chi connectivity index (χ1) is 15.2. The highest BCUT2D eigenvalue weighted by molar-refractivity contribution is 5.69. The van der Waals surface area contributed by atoms with Crippen molar-refractivity contribution in [3.05, 3.63) is 126 Å². The zero-order valence-electron chi connectivity index (χ0n) is 18.3. The third-order valence-corrected chi connectivity index (χ3v) is 5.81. The molecule has 0 radical (unpaired) electrons. The van der Waals surface area contributed by atoms with Crippen LogP contribution in [0, 0.1) is 0 Å². The minimum absolute atomic E-state index is 0. The predicted octanol–water partition coefficient (Wildman–Crippen LogP) is 1.26. The molecule has 0 bridgehead atoms. The van der Waals surface area contributed by atoms with Crippen LogP contribution in [0.5, 0.6) is 0 Å². The van der Waals surface area contributed by atoms with Crippen LogP contribution < -0.4 is 28.5 Å². The maximum atomic E-state index is 11.7. The Kier molecular flexibility index (Phi) is 7.85. The van der Waals surface area contributed by atoms with E-state index in [4.69, 9.17) is 4.74 Å². The molecule has 3 aromatic carbocycles. The molecule has 164 valence electrons. The highest BCUT2D eigenvalue weighted by Crippen LogP contribution is 2.40. The fraction of sp³-hybridized carbons (Fsp3) is 0.185. The molecule has 0 saturated carbocycles. The first-order valence-electron chi connectivity index (χ1n) is 10.5. The number of aryl methyl sites for hydroxylation is 2. The average molecular weight is 538 g/mol. The van der Waals surface area contributed by atoms with Crippen LogP contribution in [0.2, 0.25) is 0 Å². The van der Waals surface area contributed by atoms with Crippen LogP contribution in [0.25, 0.3) is 0 Å². The number of nitrogens with zero attached hydrogens (tertiary/aromatic N) is 2. The summed E-state index contributed by atoms with van der Waals surface area (Å²) in [4.78, 5) is 11.7. The molecule has 0 atom stereocenters. The molecule has 0 aliphatic rings. The van der Waals surface area contributed by atoms with Crippen LogP contribution in [0.3, 0.4) is 0 Å². The fourth-order valence-electron chi connectivity index (χ4n) is 4.29. The second-order valence-electron chi connectivity index (χ2n) is 7.64. The average Bonchev–Trinajstić information content (AvgIpc) is 3.20. The molecular weight excluding hydrogens is 511 g/mol. The molecule has 32 heavy (non-hydrogen) atoms. The molecule has 1 aromatic heterocycles. The molecule has 1 heterocycles. The van der Waals surface area contributed by atoms with E-state index in [1.165, 1.54) is 23.8 Å². The maximum absolute atomic E-state index is 11.7. The Hall–Kier alpha value is -2.93. The van der Waals surface area contributed by atoms with Crippen molar-refractivity contribution in [3.8, 4) is 0 Å². The number of carbonyl (C=O) groups excluding carboxylic acids is 1. The van der Waals surface area contributed by atoms with Crippen molar-refractivity contribution in [1.82, 2.24) is 4.57 Å². The number of aromatic nitrogens is 2. The van der Waals surface area contributed by atoms with Crippen LogP contribution in [0.1, 0.15) is 28.8 Å². The van der Waals surface area contributed by atoms with Crippen LogP contribution in [0.15, 0.2) is 104 Å². The molecule has 0 unspecified atom stereocenters. The lowest BCUT2D eigenvalue weighted by Crippen LogP contribution is -3.00. The van der Waals surface area contributed by atoms with Crippen molar-refractivity contribution in [2.45, 2.75) is 18.4 Å². The van der Waals surface area contributed by atoms with Gasteiger partial charge >= 0.3 is 5.97 Å². The summed E-state index contributed by atoms with van der Waals surface area (Å²) in [6.45, 7) is 0. The van der Waals surface area contributed by atoms with E-state index in [9.17, 15) is 4.79 Å². The Morgan fingerprint density at radius 1 is 0.844 bits per heavy atom. The van der Waals surface area contributed by atoms with Gasteiger partial charge in [-0.15, -0.1) is 0 Å². The predicted molar refractivity (Wildman–Crippen MR) is 121 cm³/mol. The maximum Gasteiger partial charge on any atom is 0.305 e. The van der Waals surface area contributed by atoms with E-state index in [0.717, 1.165) is 5.69 Å². The third-order valence-electron chi connectivity index (χ3n) is 5.81. The molecule has 0 amide bonds. The Labute approximate surface area is 206 Å². The SMILES string of the molecule is COC(=O)CCc1cn(C(c2ccccc2)(c2ccccc2)c2ccccc2)c[n+]1C.[I-]. The van der Waals surface area contributed by atoms with E-state index in [0.29, 0.717) is 12.8 Å². The number of imidazole rings is 1. The molecule has 4 nitrogen and oxygen atoms in total. The van der Waals surface area contributed by atoms with E-state index in [1.807, 2.05) is 25.2 Å². The lowest BCUT2D eigenvalue weighted by molar-refractivity contribution is -0.678. The van der Waals surface area contributed by atoms with E-state index in [1.54, 1.807) is 0 Å². The number of hydrogen-bond donors (Lipinski definition) is 0. The van der Waals surface area contributed by atoms with Crippen LogP contribution in [-0.2, 0) is 28.5 Å². The van der Waals surface area contributed by atoms with E-state index in [2.05, 4.69) is 94.5 Å². The summed E-state index contributed by atoms with van der Waals surface area (Å²) in [5.41, 5.74) is 4.02. The summed E-state index contributed by atoms with van der Waals surface area (Å²) in [6.07, 6.45) is 5.23. The molecule has 0 fully saturated rings. The van der Waals surface area contributed by atoms with Crippen molar-refractivity contribution in [3.63, 3.8) is 0 Å². The topological polar surface area (TPSA) is 35.1 Å². The zero-order valence-corrected chi connectivity index (χ0v) is 20.5. The van der Waals surface area contributed by atoms with Gasteiger partial charge in [-0.1, -0.05) is 91.0 Å². The van der Waals surface area contributed by atoms with Gasteiger partial charge in [0, 0.05) is 23.1 Å². The number of hydrogen-bond acceptors (Lipinski definition) is 2. The van der Waals surface area contributed by atoms with Gasteiger partial charge in [0.15, 0.2) is 5.54 Å². The molecule has 0 spiro atoms. The fourth-order valence-corrected chi connectivity index (χ4v) is 4.29. The van der Waals surface area contributed by atoms with Crippen molar-refractivity contribution in [2.75, 3.05) is 7.11 Å². The summed E-state index contributed by atoms with van der Waals surface area (Å²) in [7, 11) is 3.45. The number of ether oxygens (including phenoxy) is 1. The first-order valence-corrected chi connectivity index (χ1v) is 10.5. The van der Waals surface area contributed by atoms with Gasteiger partial charge in [-0.2, -0.15) is 0 Å². The number of carbonyl (C=O) groups is 1. The second kappa shape index (κ2) is 10.6. The minimum Gasteiger partial charge on any atom is -1.00 e. The van der Waals surface area contributed by atoms with Crippen molar-refractivity contribution in [1.29, 1.82) is 0 Å². The summed E-state index contributed by atoms with van der Waals surface area (Å²) in [5.74, 6) is -0.201. The molecular formula is C27H27IN2O2. The van der Waals surface area contributed by atoms with Gasteiger partial charge in [-0.05, 0) is 0 Å². The molecule has 4 aromatic rings. The van der Waals surface area contributed by atoms with Gasteiger partial charge in [0.05, 0.1) is 20.6 Å². The van der Waals surface area contributed by atoms with Gasteiger partial charge in [-0.3, -0.25) is 4.79 Å². The van der Waals surface area contributed by atoms with Crippen LogP contribution in [0.4, 0.5) is 0 Å². The first kappa shape index (κ1) is 23.7. The van der Waals surface area contributed by atoms with Gasteiger partial charge in [0.2, 0.25) is 6.33 Å². The number of esters is 1. The number of rotatable bonds is 7. The lowest BCUT2D eigenvalue weighted by atomic mass is 9.77. The third kappa shape index (κ3) is 4.48. The lowest BCUT2D eigenvalue weighted by Gasteiger charge is -2.32. The summed E-state index contributed by atoms with van der Waals surface area (Å²) in [5, 5.41) is 0. The quantitative estimate of drug-likeness (QED) is 0.154. The van der Waals surface area contributed by atoms with E-state index < -0.39 is 5.54 Å². The Balaban J connectivity index is 0.00000289. The zero-order chi connectivity index (χ0) is 21.7. The van der Waals surface area contributed by atoms with Gasteiger partial charge in [0.1, 0.15) is 11.9 Å². The Bertz CT molecular complexity index is 1050. The van der Waals surface area contributed by atoms with Crippen molar-refractivity contribution < 1.29 is 38.1 Å². The molecule has 0 aliphatic carbocycles. The molecule has 5 heteroatoms. The van der Waals surface area contributed by atoms with Gasteiger partial charge in [0.25, 0.3) is 0 Å². The number of halogens is 1. The van der Waals surface area contributed by atoms with Crippen molar-refractivity contribution in [2.24, 2.45) is 7.05 Å². The monoisotopic (exact) mass is 538 g/mol. The van der Waals surface area contributed by atoms with Crippen LogP contribution in [-0.4, -0.2) is 17.6 Å². The largest absolute Gasteiger partial charge is 1.00 e. The minimum atomic E-state index is -0.551. The summed E-state index contributed by atoms with van der Waals surface area (Å²) in [6, 6.07) is 31.7. The summed E-state index contributed by atoms with van der Waals surface area (Å²) < 4.78 is 9.19. The second-order valence-corrected chi connectivity index (χ2v) is 7.64. The van der Waals surface area contributed by atoms with Gasteiger partial charge in [-0.25, -0.2) is 9.13 Å². The van der Waals surface area contributed by atoms with E-state index in [-0.39, 0.29) is 29.9 Å². The smallest absolute Gasteiger partial charge is 0.305 e. The standard InChI is InChI=1S/C27H27N2O2.HI/c1-28-21-29(20-25(28)18-19-26(30)31-2)27(22-12-6-3-7-13-22,23-14-8-4-9-15-23)24-16-10-5-11-17-24;/h3-17,20-21H,18-19H2,1-2H3;1H/q+1;/p-1. The molecule has 0 saturated heterocycles. The normalized spacial score (nSPS) is 10.9. The molecule has 0 aliphatic heterocycles.